The van der Waals surface area contributed by atoms with Crippen molar-refractivity contribution in [3.05, 3.63) is 87.6 Å². The Morgan fingerprint density at radius 1 is 0.915 bits per heavy atom. The summed E-state index contributed by atoms with van der Waals surface area (Å²) >= 11 is 6.25. The molecule has 3 saturated heterocycles. The summed E-state index contributed by atoms with van der Waals surface area (Å²) in [6, 6.07) is 15.8. The Labute approximate surface area is 348 Å². The van der Waals surface area contributed by atoms with Gasteiger partial charge < -0.3 is 19.9 Å². The van der Waals surface area contributed by atoms with E-state index in [0.717, 1.165) is 75.4 Å². The molecule has 4 aromatic rings. The summed E-state index contributed by atoms with van der Waals surface area (Å²) in [5, 5.41) is 20.6. The van der Waals surface area contributed by atoms with Crippen molar-refractivity contribution in [3.8, 4) is 11.8 Å². The van der Waals surface area contributed by atoms with Gasteiger partial charge in [-0.15, -0.1) is 0 Å². The molecule has 0 unspecified atom stereocenters. The molecule has 0 spiro atoms. The van der Waals surface area contributed by atoms with E-state index in [4.69, 9.17) is 16.3 Å². The normalized spacial score (nSPS) is 23.3. The van der Waals surface area contributed by atoms with E-state index < -0.39 is 11.9 Å². The monoisotopic (exact) mass is 819 g/mol. The first-order valence-corrected chi connectivity index (χ1v) is 20.8. The fourth-order valence-corrected chi connectivity index (χ4v) is 10.1. The van der Waals surface area contributed by atoms with Crippen LogP contribution in [-0.2, 0) is 9.59 Å². The summed E-state index contributed by atoms with van der Waals surface area (Å²) in [7, 11) is 0. The third kappa shape index (κ3) is 7.85. The Bertz CT molecular complexity index is 2360. The smallest absolute Gasteiger partial charge is 0.275 e. The topological polar surface area (TPSA) is 166 Å². The average molecular weight is 820 g/mol. The third-order valence-electron chi connectivity index (χ3n) is 12.9. The van der Waals surface area contributed by atoms with Crippen LogP contribution < -0.4 is 30.7 Å². The van der Waals surface area contributed by atoms with Crippen LogP contribution in [0.15, 0.2) is 65.7 Å². The number of aromatic nitrogens is 3. The Hall–Kier alpha value is -5.52. The van der Waals surface area contributed by atoms with Crippen LogP contribution in [0.4, 0.5) is 11.4 Å². The second kappa shape index (κ2) is 15.9. The maximum Gasteiger partial charge on any atom is 0.275 e. The summed E-state index contributed by atoms with van der Waals surface area (Å²) in [6.07, 6.45) is 5.86. The highest BCUT2D eigenvalue weighted by Gasteiger charge is 2.64. The molecule has 8 rings (SSSR count). The fourth-order valence-electron chi connectivity index (χ4n) is 9.92. The van der Waals surface area contributed by atoms with E-state index in [9.17, 15) is 24.4 Å². The number of hydrogen-bond acceptors (Lipinski definition) is 11. The van der Waals surface area contributed by atoms with E-state index in [0.29, 0.717) is 33.3 Å². The minimum Gasteiger partial charge on any atom is -0.489 e. The summed E-state index contributed by atoms with van der Waals surface area (Å²) in [5.41, 5.74) is 1.77. The van der Waals surface area contributed by atoms with Crippen LogP contribution in [0.25, 0.3) is 10.8 Å². The largest absolute Gasteiger partial charge is 0.489 e. The quantitative estimate of drug-likeness (QED) is 0.220. The number of carbonyl (C=O) groups is 3. The number of nitrogens with zero attached hydrogens (tertiary/aromatic N) is 7. The minimum absolute atomic E-state index is 0.155. The number of ether oxygens (including phenoxy) is 1. The zero-order chi connectivity index (χ0) is 41.6. The molecule has 1 atom stereocenters. The van der Waals surface area contributed by atoms with Crippen molar-refractivity contribution in [3.63, 3.8) is 0 Å². The fraction of sp³-hybridized carbons (Fsp3) is 0.477. The third-order valence-corrected chi connectivity index (χ3v) is 13.3. The number of carbonyl (C=O) groups excluding carboxylic acids is 3. The first-order valence-electron chi connectivity index (χ1n) is 20.4. The van der Waals surface area contributed by atoms with Gasteiger partial charge in [-0.25, -0.2) is 9.67 Å². The van der Waals surface area contributed by atoms with Gasteiger partial charge in [-0.3, -0.25) is 29.4 Å². The minimum atomic E-state index is -0.784. The molecule has 15 heteroatoms. The number of halogens is 1. The number of nitriles is 1. The Kier molecular flexibility index (Phi) is 10.9. The number of piperidine rings is 2. The number of fused-ring (bicyclic) bond motifs is 1. The maximum absolute atomic E-state index is 13.4. The van der Waals surface area contributed by atoms with Gasteiger partial charge in [0.2, 0.25) is 5.91 Å². The zero-order valence-electron chi connectivity index (χ0n) is 33.9. The van der Waals surface area contributed by atoms with Crippen molar-refractivity contribution in [2.45, 2.75) is 71.6 Å². The van der Waals surface area contributed by atoms with Crippen LogP contribution in [0, 0.1) is 28.1 Å². The molecule has 3 aliphatic heterocycles. The van der Waals surface area contributed by atoms with Crippen molar-refractivity contribution >= 4 is 51.5 Å². The van der Waals surface area contributed by atoms with Gasteiger partial charge in [0.1, 0.15) is 29.7 Å². The highest BCUT2D eigenvalue weighted by molar-refractivity contribution is 6.31. The number of benzene rings is 2. The van der Waals surface area contributed by atoms with Crippen molar-refractivity contribution < 1.29 is 19.1 Å². The highest BCUT2D eigenvalue weighted by atomic mass is 35.5. The Morgan fingerprint density at radius 3 is 2.29 bits per heavy atom. The number of pyridine rings is 1. The lowest BCUT2D eigenvalue weighted by Gasteiger charge is -2.63. The lowest BCUT2D eigenvalue weighted by Crippen LogP contribution is -2.74. The summed E-state index contributed by atoms with van der Waals surface area (Å²) in [4.78, 5) is 62.5. The van der Waals surface area contributed by atoms with Crippen molar-refractivity contribution in [1.82, 2.24) is 30.3 Å². The molecule has 0 bridgehead atoms. The zero-order valence-corrected chi connectivity index (χ0v) is 34.7. The SMILES string of the molecule is CC1(C)[C@H](NC(=O)c2ccc(N3CCC(CN4CCN(c5ccc6c(=O)n([C@@H]7CCC(=O)NC7=O)ncc6c5)CC4)CC3)cn2)C(C)(C)[C@H]1Oc1ccc(C#N)c(Cl)c1. The molecule has 14 nitrogen and oxygen atoms in total. The van der Waals surface area contributed by atoms with Gasteiger partial charge in [0.05, 0.1) is 34.1 Å². The van der Waals surface area contributed by atoms with Crippen molar-refractivity contribution in [2.24, 2.45) is 16.7 Å². The highest BCUT2D eigenvalue weighted by Crippen LogP contribution is 2.55. The first-order chi connectivity index (χ1) is 28.2. The number of piperazine rings is 1. The number of imide groups is 1. The van der Waals surface area contributed by atoms with Crippen LogP contribution in [0.3, 0.4) is 0 Å². The first kappa shape index (κ1) is 40.3. The van der Waals surface area contributed by atoms with Crippen LogP contribution in [-0.4, -0.2) is 95.3 Å². The average Bonchev–Trinajstić information content (AvgIpc) is 3.22. The van der Waals surface area contributed by atoms with Gasteiger partial charge in [-0.05, 0) is 67.6 Å². The van der Waals surface area contributed by atoms with E-state index in [-0.39, 0.29) is 53.2 Å². The predicted octanol–water partition coefficient (Wildman–Crippen LogP) is 4.94. The molecule has 5 heterocycles. The molecule has 4 fully saturated rings. The molecule has 2 aromatic carbocycles. The van der Waals surface area contributed by atoms with Gasteiger partial charge in [0.25, 0.3) is 17.4 Å². The number of hydrogen-bond donors (Lipinski definition) is 2. The molecule has 308 valence electrons. The Balaban J connectivity index is 0.792. The van der Waals surface area contributed by atoms with Crippen molar-refractivity contribution in [1.29, 1.82) is 5.26 Å². The van der Waals surface area contributed by atoms with E-state index in [1.807, 2.05) is 36.5 Å². The van der Waals surface area contributed by atoms with Gasteiger partial charge in [-0.2, -0.15) is 10.4 Å². The van der Waals surface area contributed by atoms with Crippen LogP contribution >= 0.6 is 11.6 Å². The Morgan fingerprint density at radius 2 is 1.63 bits per heavy atom. The molecule has 59 heavy (non-hydrogen) atoms. The molecule has 4 aliphatic rings. The van der Waals surface area contributed by atoms with E-state index >= 15 is 0 Å². The summed E-state index contributed by atoms with van der Waals surface area (Å²) in [6.45, 7) is 14.9. The van der Waals surface area contributed by atoms with Gasteiger partial charge in [0.15, 0.2) is 0 Å². The lowest BCUT2D eigenvalue weighted by atomic mass is 9.49. The summed E-state index contributed by atoms with van der Waals surface area (Å²) in [5.74, 6) is 0.163. The molecule has 3 amide bonds. The molecule has 1 saturated carbocycles. The second-order valence-corrected chi connectivity index (χ2v) is 18.0. The second-order valence-electron chi connectivity index (χ2n) is 17.6. The number of amides is 3. The van der Waals surface area contributed by atoms with Gasteiger partial charge >= 0.3 is 0 Å². The van der Waals surface area contributed by atoms with E-state index in [1.165, 1.54) is 4.68 Å². The van der Waals surface area contributed by atoms with Crippen LogP contribution in [0.1, 0.15) is 75.5 Å². The predicted molar refractivity (Wildman–Crippen MR) is 225 cm³/mol. The molecular weight excluding hydrogens is 770 g/mol. The van der Waals surface area contributed by atoms with Crippen LogP contribution in [0.5, 0.6) is 5.75 Å². The summed E-state index contributed by atoms with van der Waals surface area (Å²) < 4.78 is 7.57. The van der Waals surface area contributed by atoms with E-state index in [1.54, 1.807) is 24.4 Å². The number of rotatable bonds is 9. The standard InChI is InChI=1S/C44H50ClN9O5/c1-43(2)41(44(3,4)42(43)59-32-8-5-28(23-46)34(45)22-32)50-38(56)35-10-7-31(25-47-35)52-15-13-27(14-16-52)26-51-17-19-53(20-18-51)30-6-9-33-29(21-30)24-48-54(40(33)58)36-11-12-37(55)49-39(36)57/h5-10,21-22,24-25,27,36,41-42H,11-20,26H2,1-4H3,(H,50,56)(H,49,55,57)/t36-,41-,42-/m1/s1. The molecule has 2 aromatic heterocycles. The molecule has 2 N–H and O–H groups in total. The molecule has 1 aliphatic carbocycles. The van der Waals surface area contributed by atoms with E-state index in [2.05, 4.69) is 69.2 Å². The number of nitrogens with one attached hydrogen (secondary N) is 2. The van der Waals surface area contributed by atoms with Crippen LogP contribution in [0.2, 0.25) is 5.02 Å². The van der Waals surface area contributed by atoms with Crippen molar-refractivity contribution in [2.75, 3.05) is 55.6 Å². The van der Waals surface area contributed by atoms with Gasteiger partial charge in [0, 0.05) is 86.2 Å². The maximum atomic E-state index is 13.4. The molecular formula is C44H50ClN9O5. The lowest BCUT2D eigenvalue weighted by molar-refractivity contribution is -0.164. The van der Waals surface area contributed by atoms with Gasteiger partial charge in [-0.1, -0.05) is 39.3 Å². The molecule has 0 radical (unpaired) electrons. The number of anilines is 2.